The van der Waals surface area contributed by atoms with Gasteiger partial charge in [-0.25, -0.2) is 0 Å². The maximum atomic E-state index is 12.8. The molecule has 0 aliphatic carbocycles. The van der Waals surface area contributed by atoms with E-state index in [-0.39, 0.29) is 37.5 Å². The van der Waals surface area contributed by atoms with E-state index in [4.69, 9.17) is 14.2 Å². The highest BCUT2D eigenvalue weighted by atomic mass is 16.6. The Morgan fingerprint density at radius 3 is 0.957 bits per heavy atom. The van der Waals surface area contributed by atoms with Crippen LogP contribution in [-0.2, 0) is 28.6 Å². The molecule has 0 fully saturated rings. The van der Waals surface area contributed by atoms with E-state index < -0.39 is 6.10 Å². The normalized spacial score (nSPS) is 12.6. The minimum Gasteiger partial charge on any atom is -0.462 e. The third-order valence-corrected chi connectivity index (χ3v) is 12.7. The zero-order valence-corrected chi connectivity index (χ0v) is 45.6. The Hall–Kier alpha value is -3.15. The molecule has 398 valence electrons. The fraction of sp³-hybridized carbons (Fsp3) is 0.762. The van der Waals surface area contributed by atoms with Crippen LogP contribution in [-0.4, -0.2) is 37.2 Å². The maximum absolute atomic E-state index is 12.8. The molecule has 0 rings (SSSR count). The first-order chi connectivity index (χ1) is 34.0. The quantitative estimate of drug-likeness (QED) is 0.0199. The van der Waals surface area contributed by atoms with Crippen LogP contribution in [0.15, 0.2) is 72.9 Å². The van der Waals surface area contributed by atoms with Crippen molar-refractivity contribution in [3.8, 4) is 0 Å². The molecule has 0 saturated carbocycles. The molecule has 0 aromatic heterocycles. The first-order valence-electron chi connectivity index (χ1n) is 29.5. The summed E-state index contributed by atoms with van der Waals surface area (Å²) >= 11 is 0. The third kappa shape index (κ3) is 55.6. The first-order valence-corrected chi connectivity index (χ1v) is 29.5. The van der Waals surface area contributed by atoms with E-state index in [1.165, 1.54) is 161 Å². The fourth-order valence-corrected chi connectivity index (χ4v) is 8.21. The second kappa shape index (κ2) is 57.4. The Kier molecular flexibility index (Phi) is 54.8. The van der Waals surface area contributed by atoms with Crippen molar-refractivity contribution in [1.29, 1.82) is 0 Å². The molecule has 0 amide bonds. The number of esters is 3. The zero-order valence-electron chi connectivity index (χ0n) is 45.6. The van der Waals surface area contributed by atoms with Gasteiger partial charge in [-0.15, -0.1) is 0 Å². The molecule has 1 unspecified atom stereocenters. The van der Waals surface area contributed by atoms with Gasteiger partial charge in [-0.2, -0.15) is 0 Å². The highest BCUT2D eigenvalue weighted by molar-refractivity contribution is 5.71. The van der Waals surface area contributed by atoms with Gasteiger partial charge in [-0.1, -0.05) is 241 Å². The summed E-state index contributed by atoms with van der Waals surface area (Å²) in [6.07, 6.45) is 73.3. The number of carbonyl (C=O) groups excluding carboxylic acids is 3. The molecule has 6 heteroatoms. The molecule has 0 aromatic carbocycles. The summed E-state index contributed by atoms with van der Waals surface area (Å²) in [4.78, 5) is 38.2. The Morgan fingerprint density at radius 1 is 0.304 bits per heavy atom. The van der Waals surface area contributed by atoms with Crippen molar-refractivity contribution < 1.29 is 28.6 Å². The van der Waals surface area contributed by atoms with Crippen LogP contribution < -0.4 is 0 Å². The van der Waals surface area contributed by atoms with Crippen molar-refractivity contribution in [2.24, 2.45) is 0 Å². The van der Waals surface area contributed by atoms with Gasteiger partial charge in [0.15, 0.2) is 6.10 Å². The SMILES string of the molecule is CCCCCCCC/C=C\C/C=C\C/C=C\CCCC(=O)OC(COC(=O)CCCCCCC/C=C\C=C/CCCCCCCCC)COC(=O)CCCCCCC/C=C\CCCCCCCCC. The van der Waals surface area contributed by atoms with E-state index in [0.717, 1.165) is 83.5 Å². The molecule has 0 spiro atoms. The topological polar surface area (TPSA) is 78.9 Å². The average Bonchev–Trinajstić information content (AvgIpc) is 3.35. The van der Waals surface area contributed by atoms with Crippen LogP contribution in [0.3, 0.4) is 0 Å². The summed E-state index contributed by atoms with van der Waals surface area (Å²) in [5.41, 5.74) is 0. The molecule has 0 saturated heterocycles. The predicted molar refractivity (Wildman–Crippen MR) is 298 cm³/mol. The minimum atomic E-state index is -0.812. The smallest absolute Gasteiger partial charge is 0.306 e. The molecule has 0 aliphatic heterocycles. The van der Waals surface area contributed by atoms with E-state index in [1.807, 2.05) is 0 Å². The lowest BCUT2D eigenvalue weighted by Crippen LogP contribution is -2.30. The van der Waals surface area contributed by atoms with Crippen LogP contribution in [0.4, 0.5) is 0 Å². The second-order valence-electron chi connectivity index (χ2n) is 19.6. The summed E-state index contributed by atoms with van der Waals surface area (Å²) in [5, 5.41) is 0. The van der Waals surface area contributed by atoms with E-state index in [9.17, 15) is 14.4 Å². The van der Waals surface area contributed by atoms with Gasteiger partial charge in [0.25, 0.3) is 0 Å². The van der Waals surface area contributed by atoms with Gasteiger partial charge in [-0.05, 0) is 103 Å². The highest BCUT2D eigenvalue weighted by Gasteiger charge is 2.19. The van der Waals surface area contributed by atoms with Crippen molar-refractivity contribution >= 4 is 17.9 Å². The Labute approximate surface area is 427 Å². The van der Waals surface area contributed by atoms with Gasteiger partial charge in [0.05, 0.1) is 0 Å². The Bertz CT molecular complexity index is 1290. The van der Waals surface area contributed by atoms with E-state index in [1.54, 1.807) is 0 Å². The van der Waals surface area contributed by atoms with Crippen LogP contribution >= 0.6 is 0 Å². The molecule has 69 heavy (non-hydrogen) atoms. The molecule has 0 aliphatic rings. The summed E-state index contributed by atoms with van der Waals surface area (Å²) in [5.74, 6) is -0.972. The van der Waals surface area contributed by atoms with Crippen LogP contribution in [0.5, 0.6) is 0 Å². The summed E-state index contributed by atoms with van der Waals surface area (Å²) in [6, 6.07) is 0. The van der Waals surface area contributed by atoms with Crippen molar-refractivity contribution in [2.45, 2.75) is 297 Å². The molecule has 0 aromatic rings. The molecule has 1 atom stereocenters. The zero-order chi connectivity index (χ0) is 50.0. The lowest BCUT2D eigenvalue weighted by Gasteiger charge is -2.18. The van der Waals surface area contributed by atoms with E-state index in [0.29, 0.717) is 19.3 Å². The number of allylic oxidation sites excluding steroid dienone is 12. The summed E-state index contributed by atoms with van der Waals surface area (Å²) in [6.45, 7) is 6.58. The summed E-state index contributed by atoms with van der Waals surface area (Å²) < 4.78 is 16.8. The summed E-state index contributed by atoms with van der Waals surface area (Å²) in [7, 11) is 0. The standard InChI is InChI=1S/C63H110O6/c1-4-7-10-13-16-19-22-25-28-31-33-35-38-41-44-47-50-53-56-62(65)68-59-60(58-67-61(64)55-52-49-46-43-40-37-34-30-27-24-21-18-15-12-9-6-3)69-63(66)57-54-51-48-45-42-39-36-32-29-26-23-20-17-14-11-8-5-2/h26,28-31,33-36,39,45,48,60H,4-25,27,32,37-38,40-44,46-47,49-59H2,1-3H3/b29-26-,31-28-,34-30-,35-33-,39-36-,48-45-. The van der Waals surface area contributed by atoms with Gasteiger partial charge in [0, 0.05) is 19.3 Å². The van der Waals surface area contributed by atoms with Gasteiger partial charge in [0.2, 0.25) is 0 Å². The molecule has 0 bridgehead atoms. The molecule has 0 radical (unpaired) electrons. The molecular formula is C63H110O6. The Balaban J connectivity index is 4.49. The molecule has 0 heterocycles. The number of hydrogen-bond acceptors (Lipinski definition) is 6. The van der Waals surface area contributed by atoms with Crippen LogP contribution in [0.2, 0.25) is 0 Å². The number of ether oxygens (including phenoxy) is 3. The average molecular weight is 964 g/mol. The largest absolute Gasteiger partial charge is 0.462 e. The van der Waals surface area contributed by atoms with Gasteiger partial charge >= 0.3 is 17.9 Å². The maximum Gasteiger partial charge on any atom is 0.306 e. The number of carbonyl (C=O) groups is 3. The number of unbranched alkanes of at least 4 members (excludes halogenated alkanes) is 31. The van der Waals surface area contributed by atoms with Crippen LogP contribution in [0.1, 0.15) is 290 Å². The number of hydrogen-bond donors (Lipinski definition) is 0. The van der Waals surface area contributed by atoms with Crippen molar-refractivity contribution in [3.05, 3.63) is 72.9 Å². The van der Waals surface area contributed by atoms with E-state index >= 15 is 0 Å². The molecular weight excluding hydrogens is 853 g/mol. The van der Waals surface area contributed by atoms with Gasteiger partial charge < -0.3 is 14.2 Å². The Morgan fingerprint density at radius 2 is 0.580 bits per heavy atom. The highest BCUT2D eigenvalue weighted by Crippen LogP contribution is 2.14. The third-order valence-electron chi connectivity index (χ3n) is 12.7. The van der Waals surface area contributed by atoms with Crippen LogP contribution in [0, 0.1) is 0 Å². The lowest BCUT2D eigenvalue weighted by atomic mass is 10.1. The first kappa shape index (κ1) is 65.8. The van der Waals surface area contributed by atoms with Crippen molar-refractivity contribution in [3.63, 3.8) is 0 Å². The van der Waals surface area contributed by atoms with Crippen molar-refractivity contribution in [1.82, 2.24) is 0 Å². The van der Waals surface area contributed by atoms with Crippen LogP contribution in [0.25, 0.3) is 0 Å². The lowest BCUT2D eigenvalue weighted by molar-refractivity contribution is -0.167. The molecule has 6 nitrogen and oxygen atoms in total. The fourth-order valence-electron chi connectivity index (χ4n) is 8.21. The monoisotopic (exact) mass is 963 g/mol. The minimum absolute atomic E-state index is 0.104. The number of rotatable bonds is 53. The molecule has 0 N–H and O–H groups in total. The van der Waals surface area contributed by atoms with E-state index in [2.05, 4.69) is 93.7 Å². The predicted octanol–water partition coefficient (Wildman–Crippen LogP) is 19.8. The van der Waals surface area contributed by atoms with Gasteiger partial charge in [-0.3, -0.25) is 14.4 Å². The van der Waals surface area contributed by atoms with Gasteiger partial charge in [0.1, 0.15) is 13.2 Å². The van der Waals surface area contributed by atoms with Crippen molar-refractivity contribution in [2.75, 3.05) is 13.2 Å². The second-order valence-corrected chi connectivity index (χ2v) is 19.6.